The molecule has 0 aliphatic rings. The van der Waals surface area contributed by atoms with Crippen LogP contribution in [0.1, 0.15) is 30.6 Å². The number of para-hydroxylation sites is 1. The zero-order valence-electron chi connectivity index (χ0n) is 12.3. The third-order valence-electron chi connectivity index (χ3n) is 3.57. The highest BCUT2D eigenvalue weighted by Crippen LogP contribution is 2.22. The number of aromatic nitrogens is 1. The first-order valence-corrected chi connectivity index (χ1v) is 7.02. The minimum atomic E-state index is 0.0326. The lowest BCUT2D eigenvalue weighted by Gasteiger charge is -2.26. The van der Waals surface area contributed by atoms with Crippen LogP contribution in [0.2, 0.25) is 0 Å². The van der Waals surface area contributed by atoms with E-state index in [1.54, 1.807) is 0 Å². The number of fused-ring (bicyclic) bond motifs is 1. The van der Waals surface area contributed by atoms with Crippen molar-refractivity contribution in [2.75, 3.05) is 13.2 Å². The zero-order chi connectivity index (χ0) is 14.7. The van der Waals surface area contributed by atoms with Crippen LogP contribution in [0, 0.1) is 0 Å². The van der Waals surface area contributed by atoms with Crippen LogP contribution in [-0.2, 0) is 7.05 Å². The molecule has 0 fully saturated rings. The van der Waals surface area contributed by atoms with Gasteiger partial charge in [0.1, 0.15) is 0 Å². The Balaban J connectivity index is 2.39. The monoisotopic (exact) mass is 274 g/mol. The van der Waals surface area contributed by atoms with E-state index in [2.05, 4.69) is 0 Å². The molecule has 1 aromatic carbocycles. The quantitative estimate of drug-likeness (QED) is 0.910. The van der Waals surface area contributed by atoms with Gasteiger partial charge in [0, 0.05) is 43.3 Å². The Hall–Kier alpha value is -1.81. The van der Waals surface area contributed by atoms with Crippen LogP contribution in [-0.4, -0.2) is 39.7 Å². The highest BCUT2D eigenvalue weighted by atomic mass is 16.3. The summed E-state index contributed by atoms with van der Waals surface area (Å²) in [5, 5.41) is 9.96. The third kappa shape index (κ3) is 2.70. The van der Waals surface area contributed by atoms with E-state index in [1.165, 1.54) is 0 Å². The van der Waals surface area contributed by atoms with Gasteiger partial charge in [-0.2, -0.15) is 0 Å². The Kier molecular flexibility index (Phi) is 4.45. The number of hydrogen-bond acceptors (Lipinski definition) is 2. The molecule has 1 amide bonds. The Bertz CT molecular complexity index is 602. The van der Waals surface area contributed by atoms with E-state index >= 15 is 0 Å². The molecule has 4 heteroatoms. The summed E-state index contributed by atoms with van der Waals surface area (Å²) in [4.78, 5) is 14.6. The number of amides is 1. The van der Waals surface area contributed by atoms with Gasteiger partial charge in [0.2, 0.25) is 0 Å². The van der Waals surface area contributed by atoms with Crippen LogP contribution >= 0.6 is 0 Å². The first kappa shape index (κ1) is 14.6. The topological polar surface area (TPSA) is 45.5 Å². The van der Waals surface area contributed by atoms with Crippen molar-refractivity contribution >= 4 is 16.8 Å². The van der Waals surface area contributed by atoms with Crippen LogP contribution in [0.3, 0.4) is 0 Å². The average molecular weight is 274 g/mol. The first-order chi connectivity index (χ1) is 9.56. The molecule has 0 bridgehead atoms. The molecule has 0 spiro atoms. The molecule has 0 aliphatic heterocycles. The Morgan fingerprint density at radius 2 is 2.05 bits per heavy atom. The number of aliphatic hydroxyl groups excluding tert-OH is 1. The predicted octanol–water partition coefficient (Wildman–Crippen LogP) is 2.41. The molecule has 2 rings (SSSR count). The van der Waals surface area contributed by atoms with E-state index in [9.17, 15) is 4.79 Å². The fraction of sp³-hybridized carbons (Fsp3) is 0.438. The van der Waals surface area contributed by atoms with Crippen LogP contribution < -0.4 is 0 Å². The number of rotatable bonds is 5. The minimum absolute atomic E-state index is 0.0326. The van der Waals surface area contributed by atoms with Crippen molar-refractivity contribution in [2.24, 2.45) is 7.05 Å². The van der Waals surface area contributed by atoms with Gasteiger partial charge < -0.3 is 14.6 Å². The molecule has 4 nitrogen and oxygen atoms in total. The first-order valence-electron chi connectivity index (χ1n) is 7.02. The van der Waals surface area contributed by atoms with Gasteiger partial charge in [-0.15, -0.1) is 0 Å². The van der Waals surface area contributed by atoms with E-state index in [1.807, 2.05) is 60.8 Å². The molecule has 1 N–H and O–H groups in total. The molecule has 1 heterocycles. The van der Waals surface area contributed by atoms with Crippen molar-refractivity contribution < 1.29 is 9.90 Å². The molecule has 0 saturated carbocycles. The van der Waals surface area contributed by atoms with Gasteiger partial charge in [-0.3, -0.25) is 4.79 Å². The smallest absolute Gasteiger partial charge is 0.256 e. The molecule has 0 radical (unpaired) electrons. The molecular weight excluding hydrogens is 252 g/mol. The average Bonchev–Trinajstić information content (AvgIpc) is 2.77. The van der Waals surface area contributed by atoms with E-state index in [-0.39, 0.29) is 18.6 Å². The van der Waals surface area contributed by atoms with Crippen LogP contribution in [0.25, 0.3) is 10.9 Å². The second-order valence-corrected chi connectivity index (χ2v) is 5.34. The van der Waals surface area contributed by atoms with Gasteiger partial charge >= 0.3 is 0 Å². The molecule has 2 aromatic rings. The van der Waals surface area contributed by atoms with Crippen molar-refractivity contribution in [2.45, 2.75) is 26.3 Å². The zero-order valence-corrected chi connectivity index (χ0v) is 12.3. The van der Waals surface area contributed by atoms with Crippen molar-refractivity contribution in [3.8, 4) is 0 Å². The largest absolute Gasteiger partial charge is 0.396 e. The number of aryl methyl sites for hydroxylation is 1. The summed E-state index contributed by atoms with van der Waals surface area (Å²) in [5.74, 6) is 0.0326. The van der Waals surface area contributed by atoms with Crippen molar-refractivity contribution in [1.82, 2.24) is 9.47 Å². The van der Waals surface area contributed by atoms with Crippen LogP contribution in [0.15, 0.2) is 30.5 Å². The maximum absolute atomic E-state index is 12.8. The summed E-state index contributed by atoms with van der Waals surface area (Å²) in [6.07, 6.45) is 2.50. The van der Waals surface area contributed by atoms with Crippen LogP contribution in [0.4, 0.5) is 0 Å². The second kappa shape index (κ2) is 6.09. The predicted molar refractivity (Wildman–Crippen MR) is 80.8 cm³/mol. The SMILES string of the molecule is CC(C)N(CCCO)C(=O)c1cn(C)c2ccccc12. The second-order valence-electron chi connectivity index (χ2n) is 5.34. The molecule has 0 saturated heterocycles. The molecule has 0 aliphatic carbocycles. The maximum Gasteiger partial charge on any atom is 0.256 e. The Morgan fingerprint density at radius 1 is 1.35 bits per heavy atom. The molecule has 0 unspecified atom stereocenters. The summed E-state index contributed by atoms with van der Waals surface area (Å²) in [5.41, 5.74) is 1.79. The summed E-state index contributed by atoms with van der Waals surface area (Å²) in [7, 11) is 1.95. The molecular formula is C16H22N2O2. The van der Waals surface area contributed by atoms with Gasteiger partial charge in [0.05, 0.1) is 5.56 Å². The number of benzene rings is 1. The summed E-state index contributed by atoms with van der Waals surface area (Å²) >= 11 is 0. The summed E-state index contributed by atoms with van der Waals surface area (Å²) in [6.45, 7) is 4.68. The van der Waals surface area contributed by atoms with Gasteiger partial charge in [0.25, 0.3) is 5.91 Å². The number of carbonyl (C=O) groups is 1. The van der Waals surface area contributed by atoms with Gasteiger partial charge in [-0.1, -0.05) is 18.2 Å². The van der Waals surface area contributed by atoms with E-state index in [0.29, 0.717) is 13.0 Å². The van der Waals surface area contributed by atoms with E-state index in [4.69, 9.17) is 5.11 Å². The lowest BCUT2D eigenvalue weighted by atomic mass is 10.1. The number of carbonyl (C=O) groups excluding carboxylic acids is 1. The van der Waals surface area contributed by atoms with E-state index in [0.717, 1.165) is 16.5 Å². The lowest BCUT2D eigenvalue weighted by Crippen LogP contribution is -2.38. The number of aliphatic hydroxyl groups is 1. The van der Waals surface area contributed by atoms with Crippen molar-refractivity contribution in [3.05, 3.63) is 36.0 Å². The molecule has 0 atom stereocenters. The normalized spacial score (nSPS) is 11.2. The van der Waals surface area contributed by atoms with Crippen molar-refractivity contribution in [3.63, 3.8) is 0 Å². The molecule has 108 valence electrons. The number of hydrogen-bond donors (Lipinski definition) is 1. The number of nitrogens with zero attached hydrogens (tertiary/aromatic N) is 2. The molecule has 1 aromatic heterocycles. The fourth-order valence-corrected chi connectivity index (χ4v) is 2.50. The summed E-state index contributed by atoms with van der Waals surface area (Å²) < 4.78 is 1.98. The fourth-order valence-electron chi connectivity index (χ4n) is 2.50. The van der Waals surface area contributed by atoms with Gasteiger partial charge in [-0.05, 0) is 26.3 Å². The molecule has 20 heavy (non-hydrogen) atoms. The van der Waals surface area contributed by atoms with E-state index < -0.39 is 0 Å². The standard InChI is InChI=1S/C16H22N2O2/c1-12(2)18(9-6-10-19)16(20)14-11-17(3)15-8-5-4-7-13(14)15/h4-5,7-8,11-12,19H,6,9-10H2,1-3H3. The Morgan fingerprint density at radius 3 is 2.70 bits per heavy atom. The maximum atomic E-state index is 12.8. The third-order valence-corrected chi connectivity index (χ3v) is 3.57. The summed E-state index contributed by atoms with van der Waals surface area (Å²) in [6, 6.07) is 8.04. The highest BCUT2D eigenvalue weighted by molar-refractivity contribution is 6.07. The lowest BCUT2D eigenvalue weighted by molar-refractivity contribution is 0.0695. The van der Waals surface area contributed by atoms with Gasteiger partial charge in [0.15, 0.2) is 0 Å². The highest BCUT2D eigenvalue weighted by Gasteiger charge is 2.21. The minimum Gasteiger partial charge on any atom is -0.396 e. The van der Waals surface area contributed by atoms with Crippen molar-refractivity contribution in [1.29, 1.82) is 0 Å². The Labute approximate surface area is 119 Å². The van der Waals surface area contributed by atoms with Crippen LogP contribution in [0.5, 0.6) is 0 Å². The van der Waals surface area contributed by atoms with Gasteiger partial charge in [-0.25, -0.2) is 0 Å².